The molecule has 1 saturated heterocycles. The highest BCUT2D eigenvalue weighted by molar-refractivity contribution is 9.11. The summed E-state index contributed by atoms with van der Waals surface area (Å²) in [5.74, 6) is 0.550. The maximum atomic E-state index is 12.7. The number of hydrogen-bond acceptors (Lipinski definition) is 5. The first kappa shape index (κ1) is 18.4. The molecule has 0 saturated carbocycles. The Hall–Kier alpha value is -1.42. The van der Waals surface area contributed by atoms with Crippen LogP contribution in [0.2, 0.25) is 0 Å². The molecule has 0 radical (unpaired) electrons. The number of hydrogen-bond donors (Lipinski definition) is 0. The molecule has 1 amide bonds. The molecule has 0 N–H and O–H groups in total. The first-order valence-electron chi connectivity index (χ1n) is 7.60. The van der Waals surface area contributed by atoms with E-state index in [4.69, 9.17) is 4.74 Å². The largest absolute Gasteiger partial charge is 0.497 e. The lowest BCUT2D eigenvalue weighted by atomic mass is 10.3. The number of halogens is 1. The van der Waals surface area contributed by atoms with Gasteiger partial charge in [-0.25, -0.2) is 8.42 Å². The van der Waals surface area contributed by atoms with E-state index in [9.17, 15) is 13.2 Å². The fourth-order valence-electron chi connectivity index (χ4n) is 2.61. The number of ether oxygens (including phenoxy) is 1. The van der Waals surface area contributed by atoms with Crippen LogP contribution >= 0.6 is 27.3 Å². The third-order valence-electron chi connectivity index (χ3n) is 4.01. The highest BCUT2D eigenvalue weighted by atomic mass is 79.9. The Labute approximate surface area is 159 Å². The number of sulfonamides is 1. The minimum absolute atomic E-state index is 0.0582. The summed E-state index contributed by atoms with van der Waals surface area (Å²) in [5, 5.41) is 0. The molecule has 2 aromatic rings. The quantitative estimate of drug-likeness (QED) is 0.726. The van der Waals surface area contributed by atoms with Gasteiger partial charge in [-0.05, 0) is 52.3 Å². The van der Waals surface area contributed by atoms with Gasteiger partial charge in [0.1, 0.15) is 5.75 Å². The minimum atomic E-state index is -3.56. The molecule has 1 fully saturated rings. The van der Waals surface area contributed by atoms with Crippen LogP contribution in [0.15, 0.2) is 45.1 Å². The second-order valence-corrected chi connectivity index (χ2v) is 9.88. The van der Waals surface area contributed by atoms with Crippen LogP contribution in [0, 0.1) is 0 Å². The Bertz CT molecular complexity index is 857. The molecular formula is C16H17BrN2O4S2. The summed E-state index contributed by atoms with van der Waals surface area (Å²) in [6.07, 6.45) is 0. The van der Waals surface area contributed by atoms with E-state index in [0.29, 0.717) is 23.7 Å². The van der Waals surface area contributed by atoms with Crippen molar-refractivity contribution in [2.24, 2.45) is 0 Å². The molecule has 0 spiro atoms. The number of amides is 1. The van der Waals surface area contributed by atoms with Crippen molar-refractivity contribution in [3.05, 3.63) is 45.1 Å². The van der Waals surface area contributed by atoms with E-state index in [2.05, 4.69) is 15.9 Å². The number of nitrogens with zero attached hydrogens (tertiary/aromatic N) is 2. The molecule has 25 heavy (non-hydrogen) atoms. The lowest BCUT2D eigenvalue weighted by Crippen LogP contribution is -2.50. The lowest BCUT2D eigenvalue weighted by molar-refractivity contribution is 0.0703. The van der Waals surface area contributed by atoms with E-state index < -0.39 is 10.0 Å². The summed E-state index contributed by atoms with van der Waals surface area (Å²) in [6, 6.07) is 9.94. The predicted octanol–water partition coefficient (Wildman–Crippen LogP) is 2.67. The number of methoxy groups -OCH3 is 1. The standard InChI is InChI=1S/C16H17BrN2O4S2/c1-23-12-2-4-13(5-3-12)25(21,22)19-10-8-18(9-11-19)16(20)14-6-7-15(17)24-14/h2-7H,8-11H2,1H3. The van der Waals surface area contributed by atoms with Crippen LogP contribution in [-0.2, 0) is 10.0 Å². The van der Waals surface area contributed by atoms with Crippen LogP contribution in [0.5, 0.6) is 5.75 Å². The number of thiophene rings is 1. The van der Waals surface area contributed by atoms with E-state index in [-0.39, 0.29) is 23.9 Å². The summed E-state index contributed by atoms with van der Waals surface area (Å²) in [4.78, 5) is 15.0. The van der Waals surface area contributed by atoms with E-state index in [1.807, 2.05) is 6.07 Å². The molecule has 1 aromatic carbocycles. The average Bonchev–Trinajstić information content (AvgIpc) is 3.07. The fraction of sp³-hybridized carbons (Fsp3) is 0.312. The lowest BCUT2D eigenvalue weighted by Gasteiger charge is -2.33. The number of carbonyl (C=O) groups is 1. The van der Waals surface area contributed by atoms with E-state index in [1.165, 1.54) is 34.9 Å². The molecule has 0 atom stereocenters. The second-order valence-electron chi connectivity index (χ2n) is 5.48. The van der Waals surface area contributed by atoms with Gasteiger partial charge in [0.05, 0.1) is 20.7 Å². The summed E-state index contributed by atoms with van der Waals surface area (Å²) < 4.78 is 32.8. The Morgan fingerprint density at radius 2 is 1.72 bits per heavy atom. The van der Waals surface area contributed by atoms with Gasteiger partial charge in [0.15, 0.2) is 0 Å². The van der Waals surface area contributed by atoms with Gasteiger partial charge in [-0.1, -0.05) is 0 Å². The van der Waals surface area contributed by atoms with Gasteiger partial charge in [-0.2, -0.15) is 4.31 Å². The van der Waals surface area contributed by atoms with Crippen molar-refractivity contribution in [1.82, 2.24) is 9.21 Å². The zero-order valence-electron chi connectivity index (χ0n) is 13.5. The first-order valence-corrected chi connectivity index (χ1v) is 10.7. The van der Waals surface area contributed by atoms with Crippen molar-refractivity contribution in [3.63, 3.8) is 0 Å². The monoisotopic (exact) mass is 444 g/mol. The zero-order chi connectivity index (χ0) is 18.0. The number of benzene rings is 1. The van der Waals surface area contributed by atoms with Crippen molar-refractivity contribution >= 4 is 43.2 Å². The molecule has 2 heterocycles. The summed E-state index contributed by atoms with van der Waals surface area (Å²) in [6.45, 7) is 1.33. The maximum absolute atomic E-state index is 12.7. The average molecular weight is 445 g/mol. The second kappa shape index (κ2) is 7.45. The number of rotatable bonds is 4. The smallest absolute Gasteiger partial charge is 0.264 e. The number of carbonyl (C=O) groups excluding carboxylic acids is 1. The van der Waals surface area contributed by atoms with Crippen molar-refractivity contribution in [2.45, 2.75) is 4.90 Å². The summed E-state index contributed by atoms with van der Waals surface area (Å²) in [5.41, 5.74) is 0. The van der Waals surface area contributed by atoms with Crippen LogP contribution in [-0.4, -0.2) is 56.8 Å². The molecule has 1 aliphatic rings. The van der Waals surface area contributed by atoms with E-state index in [0.717, 1.165) is 3.79 Å². The fourth-order valence-corrected chi connectivity index (χ4v) is 5.39. The Morgan fingerprint density at radius 3 is 2.24 bits per heavy atom. The van der Waals surface area contributed by atoms with Crippen LogP contribution in [0.1, 0.15) is 9.67 Å². The molecular weight excluding hydrogens is 428 g/mol. The van der Waals surface area contributed by atoms with Crippen molar-refractivity contribution in [2.75, 3.05) is 33.3 Å². The van der Waals surface area contributed by atoms with E-state index in [1.54, 1.807) is 23.1 Å². The van der Waals surface area contributed by atoms with Gasteiger partial charge in [-0.15, -0.1) is 11.3 Å². The topological polar surface area (TPSA) is 66.9 Å². The van der Waals surface area contributed by atoms with Crippen LogP contribution < -0.4 is 4.74 Å². The maximum Gasteiger partial charge on any atom is 0.264 e. The van der Waals surface area contributed by atoms with Gasteiger partial charge in [-0.3, -0.25) is 4.79 Å². The minimum Gasteiger partial charge on any atom is -0.497 e. The SMILES string of the molecule is COc1ccc(S(=O)(=O)N2CCN(C(=O)c3ccc(Br)s3)CC2)cc1. The normalized spacial score (nSPS) is 16.0. The van der Waals surface area contributed by atoms with Gasteiger partial charge < -0.3 is 9.64 Å². The Balaban J connectivity index is 1.67. The molecule has 3 rings (SSSR count). The predicted molar refractivity (Wildman–Crippen MR) is 99.7 cm³/mol. The van der Waals surface area contributed by atoms with Gasteiger partial charge >= 0.3 is 0 Å². The Morgan fingerprint density at radius 1 is 1.08 bits per heavy atom. The zero-order valence-corrected chi connectivity index (χ0v) is 16.7. The Kier molecular flexibility index (Phi) is 5.47. The molecule has 9 heteroatoms. The van der Waals surface area contributed by atoms with Crippen molar-refractivity contribution in [3.8, 4) is 5.75 Å². The van der Waals surface area contributed by atoms with Crippen molar-refractivity contribution < 1.29 is 17.9 Å². The molecule has 1 aromatic heterocycles. The molecule has 1 aliphatic heterocycles. The molecule has 0 aliphatic carbocycles. The third-order valence-corrected chi connectivity index (χ3v) is 7.53. The molecule has 0 unspecified atom stereocenters. The third kappa shape index (κ3) is 3.89. The highest BCUT2D eigenvalue weighted by Gasteiger charge is 2.30. The van der Waals surface area contributed by atoms with Gasteiger partial charge in [0, 0.05) is 26.2 Å². The van der Waals surface area contributed by atoms with E-state index >= 15 is 0 Å². The molecule has 134 valence electrons. The summed E-state index contributed by atoms with van der Waals surface area (Å²) >= 11 is 4.73. The molecule has 0 bridgehead atoms. The molecule has 6 nitrogen and oxygen atoms in total. The van der Waals surface area contributed by atoms with Gasteiger partial charge in [0.2, 0.25) is 10.0 Å². The number of piperazine rings is 1. The van der Waals surface area contributed by atoms with Crippen molar-refractivity contribution in [1.29, 1.82) is 0 Å². The first-order chi connectivity index (χ1) is 11.9. The van der Waals surface area contributed by atoms with Crippen LogP contribution in [0.3, 0.4) is 0 Å². The van der Waals surface area contributed by atoms with Crippen LogP contribution in [0.4, 0.5) is 0 Å². The van der Waals surface area contributed by atoms with Crippen LogP contribution in [0.25, 0.3) is 0 Å². The van der Waals surface area contributed by atoms with Gasteiger partial charge in [0.25, 0.3) is 5.91 Å². The highest BCUT2D eigenvalue weighted by Crippen LogP contribution is 2.25. The summed E-state index contributed by atoms with van der Waals surface area (Å²) in [7, 11) is -2.03.